The molecule has 0 fully saturated rings. The van der Waals surface area contributed by atoms with Crippen LogP contribution in [0.2, 0.25) is 0 Å². The SMILES string of the molecule is Cc1cc(C)cc(-c2[nH]c3cnc(C(C)(C)C(=O)N(CC(C)C)CC(C)C)cc3c2C(C)CNCCc2cnc3n[nH]nc3c2)c1. The minimum atomic E-state index is -0.771. The third-order valence-corrected chi connectivity index (χ3v) is 8.63. The number of fused-ring (bicyclic) bond motifs is 2. The fourth-order valence-corrected chi connectivity index (χ4v) is 6.51. The quantitative estimate of drug-likeness (QED) is 0.124. The van der Waals surface area contributed by atoms with E-state index in [-0.39, 0.29) is 11.8 Å². The van der Waals surface area contributed by atoms with Gasteiger partial charge in [-0.25, -0.2) is 4.98 Å². The lowest BCUT2D eigenvalue weighted by molar-refractivity contribution is -0.137. The van der Waals surface area contributed by atoms with Gasteiger partial charge in [0.1, 0.15) is 5.52 Å². The number of nitrogens with one attached hydrogen (secondary N) is 3. The molecule has 0 saturated heterocycles. The van der Waals surface area contributed by atoms with E-state index in [9.17, 15) is 4.79 Å². The first-order valence-electron chi connectivity index (χ1n) is 16.6. The molecule has 0 spiro atoms. The number of H-pyrrole nitrogens is 2. The maximum Gasteiger partial charge on any atom is 0.234 e. The van der Waals surface area contributed by atoms with Gasteiger partial charge in [-0.15, -0.1) is 5.10 Å². The van der Waals surface area contributed by atoms with Gasteiger partial charge in [0.15, 0.2) is 0 Å². The molecular formula is C37H50N8O. The molecule has 1 amide bonds. The molecule has 46 heavy (non-hydrogen) atoms. The van der Waals surface area contributed by atoms with Crippen LogP contribution in [0.5, 0.6) is 0 Å². The molecule has 0 aliphatic heterocycles. The van der Waals surface area contributed by atoms with Crippen molar-refractivity contribution in [3.8, 4) is 11.3 Å². The number of hydrogen-bond acceptors (Lipinski definition) is 6. The second-order valence-electron chi connectivity index (χ2n) is 14.4. The molecule has 4 heterocycles. The van der Waals surface area contributed by atoms with Crippen molar-refractivity contribution in [1.29, 1.82) is 0 Å². The zero-order chi connectivity index (χ0) is 33.2. The molecule has 5 aromatic rings. The molecule has 0 aliphatic carbocycles. The lowest BCUT2D eigenvalue weighted by Crippen LogP contribution is -2.46. The van der Waals surface area contributed by atoms with Crippen LogP contribution in [0.1, 0.15) is 82.3 Å². The second-order valence-corrected chi connectivity index (χ2v) is 14.4. The van der Waals surface area contributed by atoms with E-state index >= 15 is 0 Å². The molecule has 3 N–H and O–H groups in total. The normalized spacial score (nSPS) is 12.9. The summed E-state index contributed by atoms with van der Waals surface area (Å²) < 4.78 is 0. The molecule has 1 atom stereocenters. The van der Waals surface area contributed by atoms with E-state index in [0.29, 0.717) is 17.5 Å². The third-order valence-electron chi connectivity index (χ3n) is 8.63. The first-order chi connectivity index (χ1) is 21.8. The summed E-state index contributed by atoms with van der Waals surface area (Å²) in [5.41, 5.74) is 9.52. The number of rotatable bonds is 13. The predicted molar refractivity (Wildman–Crippen MR) is 187 cm³/mol. The first kappa shape index (κ1) is 33.3. The van der Waals surface area contributed by atoms with E-state index in [1.807, 2.05) is 37.2 Å². The number of hydrogen-bond donors (Lipinski definition) is 3. The number of pyridine rings is 2. The minimum Gasteiger partial charge on any atom is -0.353 e. The highest BCUT2D eigenvalue weighted by Gasteiger charge is 2.36. The van der Waals surface area contributed by atoms with Gasteiger partial charge in [0.05, 0.1) is 28.5 Å². The summed E-state index contributed by atoms with van der Waals surface area (Å²) in [5.74, 6) is 1.09. The van der Waals surface area contributed by atoms with Gasteiger partial charge in [0.2, 0.25) is 11.6 Å². The van der Waals surface area contributed by atoms with Crippen molar-refractivity contribution >= 4 is 28.0 Å². The highest BCUT2D eigenvalue weighted by molar-refractivity contribution is 5.93. The molecule has 244 valence electrons. The number of benzene rings is 1. The van der Waals surface area contributed by atoms with E-state index in [4.69, 9.17) is 4.98 Å². The van der Waals surface area contributed by atoms with E-state index in [2.05, 4.69) is 103 Å². The standard InChI is InChI=1S/C37H50N8O/c1-22(2)20-45(21-23(3)4)36(46)37(8,9)32-16-29-31(19-39-32)41-34(28-13-24(5)12-25(6)14-28)33(29)26(7)17-38-11-10-27-15-30-35(40-18-27)43-44-42-30/h12-16,18-19,22-23,26,38,41H,10-11,17,20-21H2,1-9H3,(H,40,42,43,44). The van der Waals surface area contributed by atoms with Crippen LogP contribution in [0, 0.1) is 25.7 Å². The molecule has 0 bridgehead atoms. The number of aromatic nitrogens is 6. The van der Waals surface area contributed by atoms with Gasteiger partial charge >= 0.3 is 0 Å². The lowest BCUT2D eigenvalue weighted by Gasteiger charge is -2.34. The molecule has 9 nitrogen and oxygen atoms in total. The van der Waals surface area contributed by atoms with Crippen LogP contribution in [0.3, 0.4) is 0 Å². The van der Waals surface area contributed by atoms with Gasteiger partial charge in [-0.1, -0.05) is 51.8 Å². The van der Waals surface area contributed by atoms with E-state index in [0.717, 1.165) is 66.0 Å². The lowest BCUT2D eigenvalue weighted by atomic mass is 9.85. The van der Waals surface area contributed by atoms with Gasteiger partial charge in [0, 0.05) is 31.2 Å². The molecule has 1 aromatic carbocycles. The van der Waals surface area contributed by atoms with E-state index in [1.165, 1.54) is 22.3 Å². The summed E-state index contributed by atoms with van der Waals surface area (Å²) in [6.45, 7) is 22.3. The Kier molecular flexibility index (Phi) is 9.91. The zero-order valence-electron chi connectivity index (χ0n) is 29.0. The molecule has 4 aromatic heterocycles. The van der Waals surface area contributed by atoms with Crippen LogP contribution in [-0.2, 0) is 16.6 Å². The molecule has 0 radical (unpaired) electrons. The number of carbonyl (C=O) groups excluding carboxylic acids is 1. The Morgan fingerprint density at radius 3 is 2.28 bits per heavy atom. The summed E-state index contributed by atoms with van der Waals surface area (Å²) in [5, 5.41) is 15.7. The van der Waals surface area contributed by atoms with Crippen LogP contribution in [0.15, 0.2) is 42.7 Å². The van der Waals surface area contributed by atoms with E-state index in [1.54, 1.807) is 0 Å². The average molecular weight is 623 g/mol. The summed E-state index contributed by atoms with van der Waals surface area (Å²) in [7, 11) is 0. The summed E-state index contributed by atoms with van der Waals surface area (Å²) in [4.78, 5) is 29.1. The van der Waals surface area contributed by atoms with Crippen molar-refractivity contribution in [3.63, 3.8) is 0 Å². The summed E-state index contributed by atoms with van der Waals surface area (Å²) in [6, 6.07) is 10.9. The van der Waals surface area contributed by atoms with Crippen molar-refractivity contribution in [2.75, 3.05) is 26.2 Å². The Bertz CT molecular complexity index is 1780. The molecule has 0 saturated carbocycles. The monoisotopic (exact) mass is 622 g/mol. The number of aryl methyl sites for hydroxylation is 2. The van der Waals surface area contributed by atoms with Gasteiger partial charge in [-0.2, -0.15) is 10.3 Å². The van der Waals surface area contributed by atoms with Crippen molar-refractivity contribution in [1.82, 2.24) is 40.6 Å². The number of amides is 1. The maximum atomic E-state index is 14.1. The first-order valence-corrected chi connectivity index (χ1v) is 16.6. The predicted octanol–water partition coefficient (Wildman–Crippen LogP) is 6.87. The minimum absolute atomic E-state index is 0.126. The molecule has 1 unspecified atom stereocenters. The zero-order valence-corrected chi connectivity index (χ0v) is 29.0. The summed E-state index contributed by atoms with van der Waals surface area (Å²) in [6.07, 6.45) is 4.63. The highest BCUT2D eigenvalue weighted by atomic mass is 16.2. The van der Waals surface area contributed by atoms with Gasteiger partial charge in [0.25, 0.3) is 0 Å². The van der Waals surface area contributed by atoms with Crippen molar-refractivity contribution in [3.05, 3.63) is 70.7 Å². The van der Waals surface area contributed by atoms with Crippen LogP contribution < -0.4 is 5.32 Å². The molecule has 0 aliphatic rings. The van der Waals surface area contributed by atoms with Gasteiger partial charge in [-0.3, -0.25) is 9.78 Å². The van der Waals surface area contributed by atoms with Crippen LogP contribution in [0.4, 0.5) is 0 Å². The number of carbonyl (C=O) groups is 1. The Balaban J connectivity index is 1.46. The molecule has 9 heteroatoms. The fourth-order valence-electron chi connectivity index (χ4n) is 6.51. The Labute approximate surface area is 273 Å². The summed E-state index contributed by atoms with van der Waals surface area (Å²) >= 11 is 0. The van der Waals surface area contributed by atoms with Crippen molar-refractivity contribution in [2.24, 2.45) is 11.8 Å². The van der Waals surface area contributed by atoms with Crippen molar-refractivity contribution in [2.45, 2.75) is 80.1 Å². The number of aromatic amines is 2. The topological polar surface area (TPSA) is 115 Å². The molecule has 5 rings (SSSR count). The van der Waals surface area contributed by atoms with Crippen LogP contribution >= 0.6 is 0 Å². The Hall–Kier alpha value is -4.11. The smallest absolute Gasteiger partial charge is 0.234 e. The number of nitrogens with zero attached hydrogens (tertiary/aromatic N) is 5. The van der Waals surface area contributed by atoms with Gasteiger partial charge in [-0.05, 0) is 99.4 Å². The Morgan fingerprint density at radius 2 is 1.61 bits per heavy atom. The van der Waals surface area contributed by atoms with Crippen molar-refractivity contribution < 1.29 is 4.79 Å². The third kappa shape index (κ3) is 7.30. The average Bonchev–Trinajstić information content (AvgIpc) is 3.61. The second kappa shape index (κ2) is 13.7. The maximum absolute atomic E-state index is 14.1. The Morgan fingerprint density at radius 1 is 0.913 bits per heavy atom. The van der Waals surface area contributed by atoms with Crippen LogP contribution in [-0.4, -0.2) is 67.3 Å². The largest absolute Gasteiger partial charge is 0.353 e. The fraction of sp³-hybridized carbons (Fsp3) is 0.486. The molecular weight excluding hydrogens is 572 g/mol. The van der Waals surface area contributed by atoms with E-state index < -0.39 is 5.41 Å². The van der Waals surface area contributed by atoms with Gasteiger partial charge < -0.3 is 15.2 Å². The van der Waals surface area contributed by atoms with Crippen LogP contribution in [0.25, 0.3) is 33.3 Å². The highest BCUT2D eigenvalue weighted by Crippen LogP contribution is 2.38.